The summed E-state index contributed by atoms with van der Waals surface area (Å²) in [5.74, 6) is -4.79. The summed E-state index contributed by atoms with van der Waals surface area (Å²) in [5.41, 5.74) is 1.38. The first-order chi connectivity index (χ1) is 13.8. The van der Waals surface area contributed by atoms with E-state index in [9.17, 15) is 23.7 Å². The second-order valence-corrected chi connectivity index (χ2v) is 8.49. The smallest absolute Gasteiger partial charge is 0.338 e. The van der Waals surface area contributed by atoms with E-state index in [1.807, 2.05) is 0 Å². The van der Waals surface area contributed by atoms with Crippen molar-refractivity contribution >= 4 is 19.5 Å². The maximum atomic E-state index is 13.6. The monoisotopic (exact) mass is 424 g/mol. The molecule has 0 fully saturated rings. The molecule has 0 saturated carbocycles. The van der Waals surface area contributed by atoms with E-state index in [-0.39, 0.29) is 13.2 Å². The van der Waals surface area contributed by atoms with E-state index in [4.69, 9.17) is 14.2 Å². The van der Waals surface area contributed by atoms with Crippen molar-refractivity contribution in [1.29, 1.82) is 0 Å². The van der Waals surface area contributed by atoms with Crippen LogP contribution >= 0.6 is 7.60 Å². The van der Waals surface area contributed by atoms with Gasteiger partial charge in [-0.15, -0.1) is 0 Å². The summed E-state index contributed by atoms with van der Waals surface area (Å²) in [6.45, 7) is -0.200. The molecule has 29 heavy (non-hydrogen) atoms. The van der Waals surface area contributed by atoms with Crippen LogP contribution < -0.4 is 0 Å². The molecule has 0 aliphatic carbocycles. The van der Waals surface area contributed by atoms with E-state index in [1.54, 1.807) is 60.7 Å². The number of aliphatic carboxylic acids is 2. The lowest BCUT2D eigenvalue weighted by atomic mass is 10.1. The number of carbonyl (C=O) groups is 2. The van der Waals surface area contributed by atoms with Crippen molar-refractivity contribution in [1.82, 2.24) is 0 Å². The highest BCUT2D eigenvalue weighted by atomic mass is 31.2. The quantitative estimate of drug-likeness (QED) is 0.493. The molecule has 2 aromatic carbocycles. The topological polar surface area (TPSA) is 110 Å². The van der Waals surface area contributed by atoms with Gasteiger partial charge in [0.25, 0.3) is 0 Å². The Hall–Kier alpha value is -2.54. The minimum Gasteiger partial charge on any atom is -0.481 e. The van der Waals surface area contributed by atoms with Crippen molar-refractivity contribution in [3.63, 3.8) is 0 Å². The number of alkyl halides is 1. The zero-order valence-electron chi connectivity index (χ0n) is 15.5. The van der Waals surface area contributed by atoms with Crippen LogP contribution in [0.3, 0.4) is 0 Å². The van der Waals surface area contributed by atoms with Gasteiger partial charge in [0.05, 0.1) is 25.3 Å². The fourth-order valence-electron chi connectivity index (χ4n) is 2.51. The summed E-state index contributed by atoms with van der Waals surface area (Å²) in [5, 5.41) is 18.1. The summed E-state index contributed by atoms with van der Waals surface area (Å²) in [6, 6.07) is 17.6. The first-order valence-electron chi connectivity index (χ1n) is 8.85. The molecule has 0 aliphatic heterocycles. The second kappa shape index (κ2) is 10.9. The number of rotatable bonds is 12. The molecule has 7 nitrogen and oxygen atoms in total. The fraction of sp³-hybridized carbons (Fsp3) is 0.300. The van der Waals surface area contributed by atoms with Crippen molar-refractivity contribution < 1.29 is 37.8 Å². The van der Waals surface area contributed by atoms with Crippen LogP contribution in [0.2, 0.25) is 0 Å². The lowest BCUT2D eigenvalue weighted by Crippen LogP contribution is -2.27. The molecular weight excluding hydrogens is 402 g/mol. The van der Waals surface area contributed by atoms with E-state index in [0.717, 1.165) is 0 Å². The van der Waals surface area contributed by atoms with Crippen molar-refractivity contribution in [2.45, 2.75) is 25.8 Å². The van der Waals surface area contributed by atoms with Crippen molar-refractivity contribution in [3.8, 4) is 0 Å². The molecule has 2 N–H and O–H groups in total. The highest BCUT2D eigenvalue weighted by Gasteiger charge is 2.36. The van der Waals surface area contributed by atoms with Crippen molar-refractivity contribution in [2.24, 2.45) is 5.92 Å². The number of halogens is 1. The van der Waals surface area contributed by atoms with Crippen LogP contribution in [0.25, 0.3) is 0 Å². The zero-order chi connectivity index (χ0) is 21.3. The third-order valence-corrected chi connectivity index (χ3v) is 6.03. The maximum absolute atomic E-state index is 13.6. The molecule has 2 atom stereocenters. The summed E-state index contributed by atoms with van der Waals surface area (Å²) >= 11 is 0. The number of carboxylic acids is 2. The first-order valence-corrected chi connectivity index (χ1v) is 10.6. The normalized spacial score (nSPS) is 13.6. The van der Waals surface area contributed by atoms with Gasteiger partial charge in [0.15, 0.2) is 6.17 Å². The molecule has 9 heteroatoms. The number of carboxylic acid groups (broad SMARTS) is 2. The third kappa shape index (κ3) is 7.77. The van der Waals surface area contributed by atoms with Gasteiger partial charge in [0, 0.05) is 6.42 Å². The molecule has 0 aliphatic rings. The van der Waals surface area contributed by atoms with Gasteiger partial charge in [0.2, 0.25) is 0 Å². The average Bonchev–Trinajstić information content (AvgIpc) is 2.72. The van der Waals surface area contributed by atoms with Gasteiger partial charge in [-0.3, -0.25) is 9.36 Å². The fourth-order valence-corrected chi connectivity index (χ4v) is 4.33. The van der Waals surface area contributed by atoms with Crippen LogP contribution in [0, 0.1) is 5.92 Å². The molecule has 0 radical (unpaired) electrons. The van der Waals surface area contributed by atoms with E-state index in [2.05, 4.69) is 0 Å². The maximum Gasteiger partial charge on any atom is 0.338 e. The van der Waals surface area contributed by atoms with E-state index in [1.165, 1.54) is 0 Å². The second-order valence-electron chi connectivity index (χ2n) is 6.39. The Labute approximate surface area is 167 Å². The summed E-state index contributed by atoms with van der Waals surface area (Å²) in [4.78, 5) is 22.2. The molecule has 0 heterocycles. The molecule has 0 bridgehead atoms. The average molecular weight is 424 g/mol. The highest BCUT2D eigenvalue weighted by molar-refractivity contribution is 7.53. The summed E-state index contributed by atoms with van der Waals surface area (Å²) in [7, 11) is -3.99. The molecule has 0 aromatic heterocycles. The van der Waals surface area contributed by atoms with E-state index >= 15 is 0 Å². The Bertz CT molecular complexity index is 797. The van der Waals surface area contributed by atoms with E-state index in [0.29, 0.717) is 11.1 Å². The Morgan fingerprint density at radius 3 is 1.69 bits per heavy atom. The van der Waals surface area contributed by atoms with Gasteiger partial charge in [-0.2, -0.15) is 0 Å². The Balaban J connectivity index is 2.15. The van der Waals surface area contributed by atoms with Crippen molar-refractivity contribution in [3.05, 3.63) is 71.8 Å². The lowest BCUT2D eigenvalue weighted by molar-refractivity contribution is -0.146. The number of benzene rings is 2. The minimum absolute atomic E-state index is 0.1000. The van der Waals surface area contributed by atoms with Crippen LogP contribution in [0.1, 0.15) is 17.5 Å². The van der Waals surface area contributed by atoms with Crippen LogP contribution in [-0.2, 0) is 36.4 Å². The van der Waals surface area contributed by atoms with Gasteiger partial charge >= 0.3 is 19.5 Å². The lowest BCUT2D eigenvalue weighted by Gasteiger charge is -2.22. The molecule has 0 spiro atoms. The van der Waals surface area contributed by atoms with Crippen molar-refractivity contribution in [2.75, 3.05) is 6.16 Å². The Morgan fingerprint density at radius 1 is 0.862 bits per heavy atom. The molecule has 0 unspecified atom stereocenters. The molecule has 2 rings (SSSR count). The largest absolute Gasteiger partial charge is 0.481 e. The predicted molar refractivity (Wildman–Crippen MR) is 103 cm³/mol. The SMILES string of the molecule is O=C(O)[C@@H](C[C@H](F)C(=O)O)CP(=O)(OCc1ccccc1)OCc1ccccc1. The number of hydrogen-bond acceptors (Lipinski definition) is 5. The summed E-state index contributed by atoms with van der Waals surface area (Å²) < 4.78 is 37.7. The van der Waals surface area contributed by atoms with Gasteiger partial charge in [-0.05, 0) is 11.1 Å². The molecule has 2 aromatic rings. The highest BCUT2D eigenvalue weighted by Crippen LogP contribution is 2.52. The van der Waals surface area contributed by atoms with Crippen LogP contribution in [0.15, 0.2) is 60.7 Å². The Morgan fingerprint density at radius 2 is 1.31 bits per heavy atom. The van der Waals surface area contributed by atoms with Gasteiger partial charge in [-0.25, -0.2) is 9.18 Å². The Kier molecular flexibility index (Phi) is 8.51. The zero-order valence-corrected chi connectivity index (χ0v) is 16.4. The van der Waals surface area contributed by atoms with Gasteiger partial charge < -0.3 is 19.3 Å². The third-order valence-electron chi connectivity index (χ3n) is 4.09. The first kappa shape index (κ1) is 22.7. The molecule has 156 valence electrons. The summed E-state index contributed by atoms with van der Waals surface area (Å²) in [6.07, 6.45) is -3.87. The minimum atomic E-state index is -3.99. The van der Waals surface area contributed by atoms with Gasteiger partial charge in [-0.1, -0.05) is 60.7 Å². The predicted octanol–water partition coefficient (Wildman–Crippen LogP) is 4.13. The standard InChI is InChI=1S/C20H22FO7P/c21-18(20(24)25)11-17(19(22)23)14-29(26,27-12-15-7-3-1-4-8-15)28-13-16-9-5-2-6-10-16/h1-10,17-18H,11-14H2,(H,22,23)(H,24,25)/t17-,18-/m0/s1. The molecule has 0 saturated heterocycles. The van der Waals surface area contributed by atoms with Crippen LogP contribution in [-0.4, -0.2) is 34.5 Å². The number of hydrogen-bond donors (Lipinski definition) is 2. The van der Waals surface area contributed by atoms with E-state index < -0.39 is 44.2 Å². The molecular formula is C20H22FO7P. The van der Waals surface area contributed by atoms with Crippen LogP contribution in [0.4, 0.5) is 4.39 Å². The van der Waals surface area contributed by atoms with Crippen LogP contribution in [0.5, 0.6) is 0 Å². The van der Waals surface area contributed by atoms with Gasteiger partial charge in [0.1, 0.15) is 0 Å². The molecule has 0 amide bonds.